The lowest BCUT2D eigenvalue weighted by Crippen LogP contribution is -2.63. The molecule has 27 heavy (non-hydrogen) atoms. The zero-order valence-electron chi connectivity index (χ0n) is 15.3. The van der Waals surface area contributed by atoms with E-state index in [1.807, 2.05) is 11.8 Å². The lowest BCUT2D eigenvalue weighted by Gasteiger charge is -2.46. The Balaban J connectivity index is 1.69. The molecule has 0 spiro atoms. The van der Waals surface area contributed by atoms with Crippen molar-refractivity contribution in [2.45, 2.75) is 38.8 Å². The number of nitrogens with one attached hydrogen (secondary N) is 1. The van der Waals surface area contributed by atoms with Crippen molar-refractivity contribution in [3.05, 3.63) is 10.6 Å². The standard InChI is InChI=1S/C17H24N4O5S/c1-8-13-12(9(2)22)16(23)21(13)14(17(24)25)15(8)27-7-11(18)20-5-3-10(19-26)4-6-20/h8-9,12-13,18,22,26H,3-7H2,1-2H3,(H,24,25)/t8-,9-,12-,13-/m1/s1. The van der Waals surface area contributed by atoms with E-state index in [9.17, 15) is 19.8 Å². The van der Waals surface area contributed by atoms with Crippen molar-refractivity contribution in [2.75, 3.05) is 18.8 Å². The Morgan fingerprint density at radius 2 is 2.04 bits per heavy atom. The van der Waals surface area contributed by atoms with Crippen LogP contribution in [-0.4, -0.2) is 79.6 Å². The number of carboxylic acids is 1. The molecule has 9 nitrogen and oxygen atoms in total. The first kappa shape index (κ1) is 19.7. The minimum Gasteiger partial charge on any atom is -0.477 e. The van der Waals surface area contributed by atoms with Gasteiger partial charge in [-0.15, -0.1) is 11.8 Å². The minimum absolute atomic E-state index is 0.0134. The predicted molar refractivity (Wildman–Crippen MR) is 99.8 cm³/mol. The minimum atomic E-state index is -1.16. The molecule has 0 radical (unpaired) electrons. The first-order chi connectivity index (χ1) is 12.8. The molecule has 1 amide bonds. The molecule has 148 valence electrons. The number of carbonyl (C=O) groups is 2. The SMILES string of the molecule is C[C@@H](O)[C@H]1C(=O)N2C(C(=O)O)=C(SCC(=N)N3CCC(=NO)CC3)[C@H](C)[C@H]12. The van der Waals surface area contributed by atoms with Crippen molar-refractivity contribution in [3.8, 4) is 0 Å². The molecule has 0 unspecified atom stereocenters. The summed E-state index contributed by atoms with van der Waals surface area (Å²) in [7, 11) is 0. The topological polar surface area (TPSA) is 138 Å². The first-order valence-corrected chi connectivity index (χ1v) is 9.90. The predicted octanol–water partition coefficient (Wildman–Crippen LogP) is 0.777. The Hall–Kier alpha value is -2.07. The maximum atomic E-state index is 12.3. The highest BCUT2D eigenvalue weighted by molar-refractivity contribution is 8.03. The fraction of sp³-hybridized carbons (Fsp3) is 0.647. The Morgan fingerprint density at radius 1 is 1.41 bits per heavy atom. The summed E-state index contributed by atoms with van der Waals surface area (Å²) in [6, 6.07) is -0.335. The number of fused-ring (bicyclic) bond motifs is 1. The normalized spacial score (nSPS) is 28.8. The Kier molecular flexibility index (Phi) is 5.48. The Morgan fingerprint density at radius 3 is 2.56 bits per heavy atom. The van der Waals surface area contributed by atoms with E-state index in [1.54, 1.807) is 6.92 Å². The van der Waals surface area contributed by atoms with Crippen LogP contribution in [0.3, 0.4) is 0 Å². The number of hydrogen-bond acceptors (Lipinski definition) is 7. The summed E-state index contributed by atoms with van der Waals surface area (Å²) in [5, 5.41) is 39.8. The van der Waals surface area contributed by atoms with E-state index in [4.69, 9.17) is 10.6 Å². The van der Waals surface area contributed by atoms with Crippen LogP contribution in [0.4, 0.5) is 0 Å². The zero-order valence-corrected chi connectivity index (χ0v) is 16.1. The number of β-lactam (4-membered cyclic amide) rings is 1. The highest BCUT2D eigenvalue weighted by atomic mass is 32.2. The van der Waals surface area contributed by atoms with Crippen LogP contribution in [0.5, 0.6) is 0 Å². The van der Waals surface area contributed by atoms with Gasteiger partial charge in [-0.1, -0.05) is 12.1 Å². The molecule has 3 aliphatic rings. The molecule has 2 saturated heterocycles. The fourth-order valence-corrected chi connectivity index (χ4v) is 5.29. The summed E-state index contributed by atoms with van der Waals surface area (Å²) in [6.45, 7) is 4.60. The number of aliphatic hydroxyl groups excluding tert-OH is 1. The molecule has 3 heterocycles. The molecule has 0 bridgehead atoms. The van der Waals surface area contributed by atoms with E-state index < -0.39 is 18.0 Å². The summed E-state index contributed by atoms with van der Waals surface area (Å²) in [5.41, 5.74) is 0.708. The summed E-state index contributed by atoms with van der Waals surface area (Å²) in [4.78, 5) is 27.8. The van der Waals surface area contributed by atoms with Crippen molar-refractivity contribution in [1.82, 2.24) is 9.80 Å². The lowest BCUT2D eigenvalue weighted by atomic mass is 9.79. The average Bonchev–Trinajstić information content (AvgIpc) is 2.88. The van der Waals surface area contributed by atoms with E-state index in [1.165, 1.54) is 16.7 Å². The third kappa shape index (κ3) is 3.31. The third-order valence-corrected chi connectivity index (χ3v) is 6.83. The number of piperidine rings is 1. The average molecular weight is 396 g/mol. The van der Waals surface area contributed by atoms with Crippen LogP contribution >= 0.6 is 11.8 Å². The van der Waals surface area contributed by atoms with E-state index in [-0.39, 0.29) is 23.6 Å². The molecule has 4 atom stereocenters. The molecule has 0 aromatic carbocycles. The number of carboxylic acid groups (broad SMARTS) is 1. The van der Waals surface area contributed by atoms with Crippen molar-refractivity contribution >= 4 is 35.2 Å². The molecule has 3 aliphatic heterocycles. The van der Waals surface area contributed by atoms with Gasteiger partial charge < -0.3 is 25.2 Å². The van der Waals surface area contributed by atoms with Gasteiger partial charge >= 0.3 is 5.97 Å². The zero-order chi connectivity index (χ0) is 19.9. The van der Waals surface area contributed by atoms with Crippen LogP contribution < -0.4 is 0 Å². The number of thioether (sulfide) groups is 1. The molecule has 0 aliphatic carbocycles. The lowest BCUT2D eigenvalue weighted by molar-refractivity contribution is -0.163. The summed E-state index contributed by atoms with van der Waals surface area (Å²) < 4.78 is 0. The van der Waals surface area contributed by atoms with Gasteiger partial charge in [-0.05, 0) is 6.92 Å². The van der Waals surface area contributed by atoms with Gasteiger partial charge in [-0.2, -0.15) is 0 Å². The van der Waals surface area contributed by atoms with Gasteiger partial charge in [0.15, 0.2) is 0 Å². The highest BCUT2D eigenvalue weighted by Gasteiger charge is 2.59. The van der Waals surface area contributed by atoms with E-state index >= 15 is 0 Å². The maximum Gasteiger partial charge on any atom is 0.353 e. The van der Waals surface area contributed by atoms with Gasteiger partial charge in [0.2, 0.25) is 5.91 Å². The van der Waals surface area contributed by atoms with Crippen LogP contribution in [0.25, 0.3) is 0 Å². The largest absolute Gasteiger partial charge is 0.477 e. The van der Waals surface area contributed by atoms with Crippen LogP contribution in [-0.2, 0) is 9.59 Å². The van der Waals surface area contributed by atoms with Gasteiger partial charge in [0.05, 0.1) is 29.5 Å². The van der Waals surface area contributed by atoms with Gasteiger partial charge in [0, 0.05) is 36.8 Å². The number of hydrogen-bond donors (Lipinski definition) is 4. The number of carbonyl (C=O) groups excluding carboxylic acids is 1. The molecule has 2 fully saturated rings. The van der Waals surface area contributed by atoms with Gasteiger partial charge in [0.1, 0.15) is 11.5 Å². The number of aliphatic carboxylic acids is 1. The monoisotopic (exact) mass is 396 g/mol. The molecule has 0 aromatic heterocycles. The number of likely N-dealkylation sites (tertiary alicyclic amines) is 1. The Bertz CT molecular complexity index is 725. The molecule has 0 aromatic rings. The van der Waals surface area contributed by atoms with E-state index in [2.05, 4.69) is 5.16 Å². The second-order valence-corrected chi connectivity index (χ2v) is 8.18. The Labute approximate surface area is 161 Å². The fourth-order valence-electron chi connectivity index (χ4n) is 4.09. The van der Waals surface area contributed by atoms with Crippen molar-refractivity contribution < 1.29 is 25.0 Å². The second kappa shape index (κ2) is 7.51. The number of amidine groups is 1. The van der Waals surface area contributed by atoms with Crippen molar-refractivity contribution in [3.63, 3.8) is 0 Å². The van der Waals surface area contributed by atoms with Crippen LogP contribution in [0, 0.1) is 17.2 Å². The maximum absolute atomic E-state index is 12.3. The van der Waals surface area contributed by atoms with E-state index in [0.29, 0.717) is 42.4 Å². The number of amides is 1. The summed E-state index contributed by atoms with van der Waals surface area (Å²) >= 11 is 1.28. The van der Waals surface area contributed by atoms with Crippen LogP contribution in [0.15, 0.2) is 15.8 Å². The smallest absolute Gasteiger partial charge is 0.353 e. The highest BCUT2D eigenvalue weighted by Crippen LogP contribution is 2.50. The quantitative estimate of drug-likeness (QED) is 0.177. The molecular weight excluding hydrogens is 372 g/mol. The first-order valence-electron chi connectivity index (χ1n) is 8.91. The molecule has 4 N–H and O–H groups in total. The molecular formula is C17H24N4O5S. The summed E-state index contributed by atoms with van der Waals surface area (Å²) in [5.74, 6) is -1.59. The number of aliphatic hydroxyl groups is 1. The van der Waals surface area contributed by atoms with Gasteiger partial charge in [0.25, 0.3) is 0 Å². The number of rotatable bonds is 5. The third-order valence-electron chi connectivity index (χ3n) is 5.54. The van der Waals surface area contributed by atoms with Crippen LogP contribution in [0.1, 0.15) is 26.7 Å². The number of nitrogens with zero attached hydrogens (tertiary/aromatic N) is 3. The van der Waals surface area contributed by atoms with Crippen LogP contribution in [0.2, 0.25) is 0 Å². The molecule has 3 rings (SSSR count). The number of oxime groups is 1. The van der Waals surface area contributed by atoms with Gasteiger partial charge in [-0.25, -0.2) is 4.79 Å². The summed E-state index contributed by atoms with van der Waals surface area (Å²) in [6.07, 6.45) is 0.377. The molecule has 10 heteroatoms. The van der Waals surface area contributed by atoms with Gasteiger partial charge in [-0.3, -0.25) is 10.2 Å². The molecule has 0 saturated carbocycles. The van der Waals surface area contributed by atoms with Crippen molar-refractivity contribution in [1.29, 1.82) is 5.41 Å². The second-order valence-electron chi connectivity index (χ2n) is 7.16. The van der Waals surface area contributed by atoms with E-state index in [0.717, 1.165) is 5.71 Å². The van der Waals surface area contributed by atoms with Crippen molar-refractivity contribution in [2.24, 2.45) is 17.0 Å².